The molecule has 4 rings (SSSR count). The summed E-state index contributed by atoms with van der Waals surface area (Å²) in [6.07, 6.45) is 5.44. The third-order valence-corrected chi connectivity index (χ3v) is 5.72. The maximum Gasteiger partial charge on any atom is 0.203 e. The molecule has 0 spiro atoms. The van der Waals surface area contributed by atoms with Gasteiger partial charge in [0.15, 0.2) is 11.0 Å². The number of rotatable bonds is 3. The summed E-state index contributed by atoms with van der Waals surface area (Å²) in [5.41, 5.74) is 2.29. The van der Waals surface area contributed by atoms with Gasteiger partial charge in [0.05, 0.1) is 10.2 Å². The molecule has 0 N–H and O–H groups in total. The van der Waals surface area contributed by atoms with E-state index in [2.05, 4.69) is 35.0 Å². The number of fused-ring (bicyclic) bond motifs is 1. The zero-order valence-electron chi connectivity index (χ0n) is 13.9. The van der Waals surface area contributed by atoms with Gasteiger partial charge in [0.1, 0.15) is 0 Å². The van der Waals surface area contributed by atoms with Gasteiger partial charge in [-0.05, 0) is 37.5 Å². The van der Waals surface area contributed by atoms with Gasteiger partial charge in [-0.1, -0.05) is 17.4 Å². The minimum Gasteiger partial charge on any atom is -0.347 e. The SMILES string of the molecule is Cc1ccc2nc(N3CCCC(C(=O)c4nccn4C)C3)sc2c1. The Labute approximate surface area is 145 Å². The molecule has 1 fully saturated rings. The Morgan fingerprint density at radius 3 is 3.04 bits per heavy atom. The predicted octanol–water partition coefficient (Wildman–Crippen LogP) is 3.44. The molecule has 2 aromatic heterocycles. The molecule has 0 aliphatic carbocycles. The van der Waals surface area contributed by atoms with E-state index in [0.717, 1.165) is 36.6 Å². The van der Waals surface area contributed by atoms with Gasteiger partial charge >= 0.3 is 0 Å². The summed E-state index contributed by atoms with van der Waals surface area (Å²) >= 11 is 1.72. The highest BCUT2D eigenvalue weighted by Crippen LogP contribution is 2.32. The fourth-order valence-electron chi connectivity index (χ4n) is 3.31. The van der Waals surface area contributed by atoms with E-state index in [-0.39, 0.29) is 11.7 Å². The van der Waals surface area contributed by atoms with E-state index in [4.69, 9.17) is 4.98 Å². The van der Waals surface area contributed by atoms with Crippen molar-refractivity contribution in [3.05, 3.63) is 42.0 Å². The van der Waals surface area contributed by atoms with Crippen LogP contribution in [-0.4, -0.2) is 33.4 Å². The maximum atomic E-state index is 12.7. The zero-order valence-corrected chi connectivity index (χ0v) is 14.7. The molecule has 5 nitrogen and oxygen atoms in total. The van der Waals surface area contributed by atoms with Crippen molar-refractivity contribution < 1.29 is 4.79 Å². The van der Waals surface area contributed by atoms with Crippen molar-refractivity contribution >= 4 is 32.5 Å². The van der Waals surface area contributed by atoms with Crippen molar-refractivity contribution in [3.8, 4) is 0 Å². The number of carbonyl (C=O) groups excluding carboxylic acids is 1. The Kier molecular flexibility index (Phi) is 3.84. The highest BCUT2D eigenvalue weighted by Gasteiger charge is 2.29. The molecule has 0 bridgehead atoms. The summed E-state index contributed by atoms with van der Waals surface area (Å²) in [5, 5.41) is 1.02. The fraction of sp³-hybridized carbons (Fsp3) is 0.389. The first kappa shape index (κ1) is 15.3. The predicted molar refractivity (Wildman–Crippen MR) is 96.8 cm³/mol. The van der Waals surface area contributed by atoms with Crippen molar-refractivity contribution in [3.63, 3.8) is 0 Å². The van der Waals surface area contributed by atoms with Crippen LogP contribution in [0.2, 0.25) is 0 Å². The third kappa shape index (κ3) is 2.71. The second-order valence-electron chi connectivity index (χ2n) is 6.48. The van der Waals surface area contributed by atoms with Crippen molar-refractivity contribution in [2.45, 2.75) is 19.8 Å². The summed E-state index contributed by atoms with van der Waals surface area (Å²) in [5.74, 6) is 0.694. The van der Waals surface area contributed by atoms with Gasteiger partial charge in [-0.15, -0.1) is 0 Å². The lowest BCUT2D eigenvalue weighted by atomic mass is 9.93. The average Bonchev–Trinajstić information content (AvgIpc) is 3.20. The molecule has 24 heavy (non-hydrogen) atoms. The third-order valence-electron chi connectivity index (χ3n) is 4.64. The summed E-state index contributed by atoms with van der Waals surface area (Å²) in [6, 6.07) is 6.34. The highest BCUT2D eigenvalue weighted by atomic mass is 32.1. The van der Waals surface area contributed by atoms with Crippen LogP contribution in [-0.2, 0) is 7.05 Å². The molecule has 0 radical (unpaired) electrons. The van der Waals surface area contributed by atoms with E-state index >= 15 is 0 Å². The Morgan fingerprint density at radius 1 is 1.38 bits per heavy atom. The fourth-order valence-corrected chi connectivity index (χ4v) is 4.40. The molecule has 6 heteroatoms. The molecule has 1 unspecified atom stereocenters. The van der Waals surface area contributed by atoms with Gasteiger partial charge in [0.2, 0.25) is 5.78 Å². The molecule has 1 aliphatic rings. The molecular weight excluding hydrogens is 320 g/mol. The Balaban J connectivity index is 1.57. The van der Waals surface area contributed by atoms with Crippen LogP contribution in [0.4, 0.5) is 5.13 Å². The number of aromatic nitrogens is 3. The number of hydrogen-bond acceptors (Lipinski definition) is 5. The van der Waals surface area contributed by atoms with Gasteiger partial charge in [0.25, 0.3) is 0 Å². The lowest BCUT2D eigenvalue weighted by molar-refractivity contribution is 0.0893. The molecule has 0 amide bonds. The summed E-state index contributed by atoms with van der Waals surface area (Å²) in [7, 11) is 1.87. The lowest BCUT2D eigenvalue weighted by Crippen LogP contribution is -2.39. The second kappa shape index (κ2) is 6.02. The number of piperidine rings is 1. The number of ketones is 1. The lowest BCUT2D eigenvalue weighted by Gasteiger charge is -2.31. The van der Waals surface area contributed by atoms with Crippen LogP contribution in [0.3, 0.4) is 0 Å². The first-order valence-corrected chi connectivity index (χ1v) is 9.07. The topological polar surface area (TPSA) is 51.0 Å². The van der Waals surface area contributed by atoms with E-state index in [9.17, 15) is 4.79 Å². The van der Waals surface area contributed by atoms with Crippen LogP contribution in [0.5, 0.6) is 0 Å². The Hall–Kier alpha value is -2.21. The summed E-state index contributed by atoms with van der Waals surface area (Å²) in [6.45, 7) is 3.79. The minimum atomic E-state index is -0.00593. The number of anilines is 1. The number of thiazole rings is 1. The molecule has 3 aromatic rings. The molecule has 124 valence electrons. The molecular formula is C18H20N4OS. The molecule has 1 aromatic carbocycles. The standard InChI is InChI=1S/C18H20N4OS/c1-12-5-6-14-15(10-12)24-18(20-14)22-8-3-4-13(11-22)16(23)17-19-7-9-21(17)2/h5-7,9-10,13H,3-4,8,11H2,1-2H3. The minimum absolute atomic E-state index is 0.00593. The zero-order chi connectivity index (χ0) is 16.7. The smallest absolute Gasteiger partial charge is 0.203 e. The number of benzene rings is 1. The van der Waals surface area contributed by atoms with Crippen molar-refractivity contribution in [2.75, 3.05) is 18.0 Å². The molecule has 3 heterocycles. The van der Waals surface area contributed by atoms with Gasteiger partial charge in [0, 0.05) is 38.4 Å². The first-order chi connectivity index (χ1) is 11.6. The first-order valence-electron chi connectivity index (χ1n) is 8.25. The van der Waals surface area contributed by atoms with Crippen LogP contribution < -0.4 is 4.90 Å². The monoisotopic (exact) mass is 340 g/mol. The van der Waals surface area contributed by atoms with Crippen LogP contribution in [0.25, 0.3) is 10.2 Å². The second-order valence-corrected chi connectivity index (χ2v) is 7.49. The number of nitrogens with zero attached hydrogens (tertiary/aromatic N) is 4. The summed E-state index contributed by atoms with van der Waals surface area (Å²) in [4.78, 5) is 24.0. The number of carbonyl (C=O) groups is 1. The van der Waals surface area contributed by atoms with Crippen LogP contribution in [0, 0.1) is 12.8 Å². The highest BCUT2D eigenvalue weighted by molar-refractivity contribution is 7.22. The quantitative estimate of drug-likeness (QED) is 0.685. The van der Waals surface area contributed by atoms with E-state index in [1.54, 1.807) is 17.5 Å². The van der Waals surface area contributed by atoms with Gasteiger partial charge in [-0.3, -0.25) is 4.79 Å². The average molecular weight is 340 g/mol. The number of Topliss-reactive ketones (excluding diaryl/α,β-unsaturated/α-hetero) is 1. The Morgan fingerprint density at radius 2 is 2.25 bits per heavy atom. The van der Waals surface area contributed by atoms with E-state index in [0.29, 0.717) is 5.82 Å². The summed E-state index contributed by atoms with van der Waals surface area (Å²) < 4.78 is 3.02. The number of hydrogen-bond donors (Lipinski definition) is 0. The van der Waals surface area contributed by atoms with Gasteiger partial charge in [-0.2, -0.15) is 0 Å². The van der Waals surface area contributed by atoms with Gasteiger partial charge < -0.3 is 9.47 Å². The van der Waals surface area contributed by atoms with E-state index < -0.39 is 0 Å². The van der Waals surface area contributed by atoms with Crippen LogP contribution >= 0.6 is 11.3 Å². The van der Waals surface area contributed by atoms with Crippen molar-refractivity contribution in [1.29, 1.82) is 0 Å². The largest absolute Gasteiger partial charge is 0.347 e. The molecule has 1 saturated heterocycles. The number of imidazole rings is 1. The van der Waals surface area contributed by atoms with Crippen molar-refractivity contribution in [2.24, 2.45) is 13.0 Å². The maximum absolute atomic E-state index is 12.7. The van der Waals surface area contributed by atoms with Crippen molar-refractivity contribution in [1.82, 2.24) is 14.5 Å². The molecule has 0 saturated carbocycles. The van der Waals surface area contributed by atoms with Crippen LogP contribution in [0.15, 0.2) is 30.6 Å². The number of aryl methyl sites for hydroxylation is 2. The molecule has 1 atom stereocenters. The van der Waals surface area contributed by atoms with E-state index in [1.165, 1.54) is 10.3 Å². The molecule has 1 aliphatic heterocycles. The van der Waals surface area contributed by atoms with Crippen LogP contribution in [0.1, 0.15) is 29.0 Å². The van der Waals surface area contributed by atoms with Gasteiger partial charge in [-0.25, -0.2) is 9.97 Å². The normalized spacial score (nSPS) is 18.2. The Bertz CT molecular complexity index is 897. The van der Waals surface area contributed by atoms with E-state index in [1.807, 2.05) is 17.8 Å².